The van der Waals surface area contributed by atoms with E-state index < -0.39 is 6.10 Å². The van der Waals surface area contributed by atoms with Gasteiger partial charge >= 0.3 is 17.9 Å². The van der Waals surface area contributed by atoms with Gasteiger partial charge in [-0.15, -0.1) is 0 Å². The van der Waals surface area contributed by atoms with E-state index in [0.717, 1.165) is 135 Å². The van der Waals surface area contributed by atoms with Crippen LogP contribution < -0.4 is 0 Å². The number of carbonyl (C=O) groups is 3. The first-order valence-corrected chi connectivity index (χ1v) is 31.0. The fraction of sp³-hybridized carbons (Fsp3) is 0.667. The zero-order chi connectivity index (χ0) is 54.3. The van der Waals surface area contributed by atoms with E-state index in [9.17, 15) is 14.4 Å². The van der Waals surface area contributed by atoms with Crippen LogP contribution in [0.1, 0.15) is 278 Å². The molecule has 426 valence electrons. The summed E-state index contributed by atoms with van der Waals surface area (Å²) in [6.45, 7) is 6.31. The van der Waals surface area contributed by atoms with E-state index in [2.05, 4.69) is 142 Å². The maximum atomic E-state index is 12.8. The van der Waals surface area contributed by atoms with Gasteiger partial charge in [0.05, 0.1) is 0 Å². The highest BCUT2D eigenvalue weighted by Gasteiger charge is 2.19. The number of allylic oxidation sites excluding steroid dienone is 20. The van der Waals surface area contributed by atoms with Crippen LogP contribution in [-0.4, -0.2) is 37.2 Å². The van der Waals surface area contributed by atoms with Gasteiger partial charge in [0.2, 0.25) is 0 Å². The van der Waals surface area contributed by atoms with Crippen LogP contribution in [0.5, 0.6) is 0 Å². The number of ether oxygens (including phenoxy) is 3. The molecule has 0 heterocycles. The molecule has 0 aliphatic carbocycles. The third-order valence-corrected chi connectivity index (χ3v) is 12.9. The van der Waals surface area contributed by atoms with E-state index in [0.29, 0.717) is 19.3 Å². The lowest BCUT2D eigenvalue weighted by Gasteiger charge is -2.18. The Morgan fingerprint density at radius 1 is 0.280 bits per heavy atom. The minimum absolute atomic E-state index is 0.100. The van der Waals surface area contributed by atoms with E-state index in [4.69, 9.17) is 14.2 Å². The molecule has 0 aromatic heterocycles. The normalized spacial score (nSPS) is 12.9. The van der Waals surface area contributed by atoms with E-state index >= 15 is 0 Å². The van der Waals surface area contributed by atoms with E-state index in [1.54, 1.807) is 0 Å². The van der Waals surface area contributed by atoms with Crippen LogP contribution in [0.15, 0.2) is 122 Å². The van der Waals surface area contributed by atoms with E-state index in [1.165, 1.54) is 96.3 Å². The summed E-state index contributed by atoms with van der Waals surface area (Å²) in [5.74, 6) is -0.955. The first-order valence-electron chi connectivity index (χ1n) is 31.0. The molecule has 6 heteroatoms. The summed E-state index contributed by atoms with van der Waals surface area (Å²) in [6.07, 6.45) is 86.5. The summed E-state index contributed by atoms with van der Waals surface area (Å²) < 4.78 is 16.8. The molecule has 1 atom stereocenters. The van der Waals surface area contributed by atoms with Gasteiger partial charge in [0.25, 0.3) is 0 Å². The summed E-state index contributed by atoms with van der Waals surface area (Å²) in [5, 5.41) is 0. The van der Waals surface area contributed by atoms with Gasteiger partial charge in [0.1, 0.15) is 13.2 Å². The molecule has 6 nitrogen and oxygen atoms in total. The Morgan fingerprint density at radius 2 is 0.520 bits per heavy atom. The SMILES string of the molecule is CC/C=C\C/C=C\C/C=C\C/C=C\CCCCCCCCCCCCCCCCCCC(=O)OCC(COC(=O)CCCCCCC/C=C\C/C=C\CCC)OC(=O)CCCC/C=C\C/C=C\C/C=C\C/C=C\CC. The van der Waals surface area contributed by atoms with Gasteiger partial charge in [0, 0.05) is 19.3 Å². The molecular formula is C69H114O6. The second kappa shape index (κ2) is 62.4. The average molecular weight is 1040 g/mol. The van der Waals surface area contributed by atoms with Gasteiger partial charge in [0.15, 0.2) is 6.10 Å². The highest BCUT2D eigenvalue weighted by atomic mass is 16.6. The minimum atomic E-state index is -0.808. The lowest BCUT2D eigenvalue weighted by atomic mass is 10.0. The van der Waals surface area contributed by atoms with Crippen molar-refractivity contribution in [2.45, 2.75) is 284 Å². The van der Waals surface area contributed by atoms with Crippen molar-refractivity contribution < 1.29 is 28.6 Å². The van der Waals surface area contributed by atoms with Crippen LogP contribution >= 0.6 is 0 Å². The standard InChI is InChI=1S/C69H114O6/c1-4-7-10-13-16-19-22-25-27-28-29-30-31-32-33-34-35-36-37-38-39-40-42-44-47-50-53-56-59-62-68(71)74-65-66(64-73-67(70)61-58-55-52-49-46-43-24-21-18-15-12-9-6-3)75-69(72)63-60-57-54-51-48-45-41-26-23-20-17-14-11-8-5-2/h7-8,10-12,15-17,19-21,24-27,29-30,41,48,51,66H,4-6,9,13-14,18,22-23,28,31-40,42-47,49-50,52-65H2,1-3H3/b10-7-,11-8-,15-12-,19-16-,20-17-,24-21-,27-25-,30-29-,41-26-,51-48-. The van der Waals surface area contributed by atoms with Crippen LogP contribution in [0.4, 0.5) is 0 Å². The van der Waals surface area contributed by atoms with Crippen LogP contribution in [0.2, 0.25) is 0 Å². The summed E-state index contributed by atoms with van der Waals surface area (Å²) in [5.41, 5.74) is 0. The number of hydrogen-bond donors (Lipinski definition) is 0. The molecule has 0 rings (SSSR count). The smallest absolute Gasteiger partial charge is 0.306 e. The number of carbonyl (C=O) groups excluding carboxylic acids is 3. The molecule has 0 aromatic rings. The third-order valence-electron chi connectivity index (χ3n) is 12.9. The van der Waals surface area contributed by atoms with Crippen molar-refractivity contribution in [3.63, 3.8) is 0 Å². The fourth-order valence-corrected chi connectivity index (χ4v) is 8.35. The highest BCUT2D eigenvalue weighted by molar-refractivity contribution is 5.71. The molecule has 0 amide bonds. The van der Waals surface area contributed by atoms with E-state index in [-0.39, 0.29) is 37.5 Å². The van der Waals surface area contributed by atoms with Gasteiger partial charge in [-0.05, 0) is 122 Å². The first kappa shape index (κ1) is 70.8. The second-order valence-electron chi connectivity index (χ2n) is 20.2. The molecule has 1 unspecified atom stereocenters. The molecule has 0 spiro atoms. The quantitative estimate of drug-likeness (QED) is 0.0261. The number of esters is 3. The molecule has 0 fully saturated rings. The number of unbranched alkanes of at least 4 members (excludes halogenated alkanes) is 24. The zero-order valence-corrected chi connectivity index (χ0v) is 48.8. The molecule has 0 aliphatic rings. The second-order valence-corrected chi connectivity index (χ2v) is 20.2. The molecule has 0 saturated heterocycles. The van der Waals surface area contributed by atoms with Crippen molar-refractivity contribution in [3.05, 3.63) is 122 Å². The predicted molar refractivity (Wildman–Crippen MR) is 325 cm³/mol. The molecule has 0 bridgehead atoms. The van der Waals surface area contributed by atoms with Crippen molar-refractivity contribution in [3.8, 4) is 0 Å². The fourth-order valence-electron chi connectivity index (χ4n) is 8.35. The summed E-state index contributed by atoms with van der Waals surface area (Å²) >= 11 is 0. The molecule has 75 heavy (non-hydrogen) atoms. The van der Waals surface area contributed by atoms with Crippen molar-refractivity contribution in [2.75, 3.05) is 13.2 Å². The van der Waals surface area contributed by atoms with Crippen molar-refractivity contribution in [2.24, 2.45) is 0 Å². The Balaban J connectivity index is 4.26. The minimum Gasteiger partial charge on any atom is -0.462 e. The molecular weight excluding hydrogens is 925 g/mol. The average Bonchev–Trinajstić information content (AvgIpc) is 3.41. The van der Waals surface area contributed by atoms with Crippen molar-refractivity contribution in [1.29, 1.82) is 0 Å². The summed E-state index contributed by atoms with van der Waals surface area (Å²) in [4.78, 5) is 38.2. The molecule has 0 aliphatic heterocycles. The highest BCUT2D eigenvalue weighted by Crippen LogP contribution is 2.16. The predicted octanol–water partition coefficient (Wildman–Crippen LogP) is 21.2. The topological polar surface area (TPSA) is 78.9 Å². The Labute approximate surface area is 462 Å². The number of hydrogen-bond acceptors (Lipinski definition) is 6. The van der Waals surface area contributed by atoms with Crippen LogP contribution in [0.25, 0.3) is 0 Å². The van der Waals surface area contributed by atoms with Crippen LogP contribution in [0, 0.1) is 0 Å². The van der Waals surface area contributed by atoms with Gasteiger partial charge in [-0.25, -0.2) is 0 Å². The summed E-state index contributed by atoms with van der Waals surface area (Å²) in [7, 11) is 0. The maximum absolute atomic E-state index is 12.8. The Morgan fingerprint density at radius 3 is 0.840 bits per heavy atom. The lowest BCUT2D eigenvalue weighted by molar-refractivity contribution is -0.167. The molecule has 0 aromatic carbocycles. The third kappa shape index (κ3) is 60.6. The molecule has 0 N–H and O–H groups in total. The monoisotopic (exact) mass is 1040 g/mol. The zero-order valence-electron chi connectivity index (χ0n) is 48.8. The van der Waals surface area contributed by atoms with Crippen molar-refractivity contribution in [1.82, 2.24) is 0 Å². The van der Waals surface area contributed by atoms with Gasteiger partial charge < -0.3 is 14.2 Å². The first-order chi connectivity index (χ1) is 37.0. The van der Waals surface area contributed by atoms with Crippen LogP contribution in [-0.2, 0) is 28.6 Å². The van der Waals surface area contributed by atoms with Crippen LogP contribution in [0.3, 0.4) is 0 Å². The molecule has 0 saturated carbocycles. The number of rotatable bonds is 55. The Hall–Kier alpha value is -4.19. The van der Waals surface area contributed by atoms with Gasteiger partial charge in [-0.1, -0.05) is 258 Å². The Bertz CT molecular complexity index is 1570. The van der Waals surface area contributed by atoms with Gasteiger partial charge in [-0.3, -0.25) is 14.4 Å². The van der Waals surface area contributed by atoms with E-state index in [1.807, 2.05) is 0 Å². The summed E-state index contributed by atoms with van der Waals surface area (Å²) in [6, 6.07) is 0. The van der Waals surface area contributed by atoms with Gasteiger partial charge in [-0.2, -0.15) is 0 Å². The Kier molecular flexibility index (Phi) is 58.9. The lowest BCUT2D eigenvalue weighted by Crippen LogP contribution is -2.30. The van der Waals surface area contributed by atoms with Crippen molar-refractivity contribution >= 4 is 17.9 Å². The molecule has 0 radical (unpaired) electrons. The maximum Gasteiger partial charge on any atom is 0.306 e. The largest absolute Gasteiger partial charge is 0.462 e.